The molecule has 19 heavy (non-hydrogen) atoms. The normalized spacial score (nSPS) is 11.6. The molecule has 0 amide bonds. The van der Waals surface area contributed by atoms with E-state index >= 15 is 0 Å². The average molecular weight is 270 g/mol. The Morgan fingerprint density at radius 3 is 1.95 bits per heavy atom. The van der Waals surface area contributed by atoms with Gasteiger partial charge in [0.05, 0.1) is 0 Å². The number of rotatable bonds is 3. The molecule has 2 aromatic rings. The highest BCUT2D eigenvalue weighted by atomic mass is 32.2. The molecule has 0 fully saturated rings. The van der Waals surface area contributed by atoms with Crippen LogP contribution in [-0.4, -0.2) is 0 Å². The maximum atomic E-state index is 2.25. The molecular weight excluding hydrogens is 248 g/mol. The minimum atomic E-state index is 0.239. The summed E-state index contributed by atoms with van der Waals surface area (Å²) in [6, 6.07) is 17.8. The Hall–Kier alpha value is -1.21. The molecule has 0 atom stereocenters. The van der Waals surface area contributed by atoms with E-state index in [1.54, 1.807) is 0 Å². The van der Waals surface area contributed by atoms with Gasteiger partial charge < -0.3 is 0 Å². The van der Waals surface area contributed by atoms with Gasteiger partial charge in [-0.05, 0) is 35.6 Å². The van der Waals surface area contributed by atoms with E-state index in [2.05, 4.69) is 76.2 Å². The van der Waals surface area contributed by atoms with Gasteiger partial charge in [-0.3, -0.25) is 0 Å². The largest absolute Gasteiger partial charge is 0.121 e. The van der Waals surface area contributed by atoms with E-state index < -0.39 is 0 Å². The fraction of sp³-hybridized carbons (Fsp3) is 0.333. The van der Waals surface area contributed by atoms with Crippen LogP contribution in [-0.2, 0) is 11.2 Å². The Kier molecular flexibility index (Phi) is 4.36. The summed E-state index contributed by atoms with van der Waals surface area (Å²) < 4.78 is 0. The molecule has 0 aromatic heterocycles. The molecule has 0 heterocycles. The van der Waals surface area contributed by atoms with E-state index in [1.807, 2.05) is 11.8 Å². The summed E-state index contributed by atoms with van der Waals surface area (Å²) in [5.74, 6) is 1.04. The van der Waals surface area contributed by atoms with Gasteiger partial charge in [0.1, 0.15) is 0 Å². The zero-order chi connectivity index (χ0) is 13.9. The molecule has 0 radical (unpaired) electrons. The summed E-state index contributed by atoms with van der Waals surface area (Å²) in [6.45, 7) is 8.88. The highest BCUT2D eigenvalue weighted by molar-refractivity contribution is 7.98. The molecule has 0 aliphatic heterocycles. The molecule has 2 aromatic carbocycles. The zero-order valence-electron chi connectivity index (χ0n) is 12.2. The van der Waals surface area contributed by atoms with Gasteiger partial charge in [0.2, 0.25) is 0 Å². The molecule has 1 heteroatoms. The fourth-order valence-corrected chi connectivity index (χ4v) is 2.76. The van der Waals surface area contributed by atoms with Crippen molar-refractivity contribution in [2.75, 3.05) is 0 Å². The molecule has 0 N–H and O–H groups in total. The van der Waals surface area contributed by atoms with Crippen LogP contribution in [0.4, 0.5) is 0 Å². The van der Waals surface area contributed by atoms with Gasteiger partial charge in [0.25, 0.3) is 0 Å². The van der Waals surface area contributed by atoms with Crippen molar-refractivity contribution in [2.24, 2.45) is 0 Å². The smallest absolute Gasteiger partial charge is 0.0231 e. The van der Waals surface area contributed by atoms with Crippen LogP contribution in [0.1, 0.15) is 37.5 Å². The van der Waals surface area contributed by atoms with E-state index in [0.717, 1.165) is 5.75 Å². The lowest BCUT2D eigenvalue weighted by molar-refractivity contribution is 0.590. The van der Waals surface area contributed by atoms with Crippen LogP contribution in [0.25, 0.3) is 0 Å². The molecule has 2 rings (SSSR count). The van der Waals surface area contributed by atoms with E-state index in [9.17, 15) is 0 Å². The molecule has 100 valence electrons. The molecule has 0 aliphatic rings. The van der Waals surface area contributed by atoms with E-state index in [0.29, 0.717) is 0 Å². The van der Waals surface area contributed by atoms with Gasteiger partial charge in [-0.25, -0.2) is 0 Å². The Morgan fingerprint density at radius 1 is 0.842 bits per heavy atom. The summed E-state index contributed by atoms with van der Waals surface area (Å²) in [5, 5.41) is 0. The van der Waals surface area contributed by atoms with Crippen molar-refractivity contribution in [1.29, 1.82) is 0 Å². The third kappa shape index (κ3) is 4.14. The monoisotopic (exact) mass is 270 g/mol. The average Bonchev–Trinajstić information content (AvgIpc) is 2.37. The molecule has 0 unspecified atom stereocenters. The Morgan fingerprint density at radius 2 is 1.42 bits per heavy atom. The minimum Gasteiger partial charge on any atom is -0.121 e. The van der Waals surface area contributed by atoms with Crippen molar-refractivity contribution in [3.8, 4) is 0 Å². The highest BCUT2D eigenvalue weighted by Crippen LogP contribution is 2.26. The Bertz CT molecular complexity index is 515. The maximum Gasteiger partial charge on any atom is 0.0231 e. The van der Waals surface area contributed by atoms with Crippen LogP contribution in [0.3, 0.4) is 0 Å². The van der Waals surface area contributed by atoms with Gasteiger partial charge in [-0.1, -0.05) is 62.7 Å². The lowest BCUT2D eigenvalue weighted by atomic mass is 9.87. The van der Waals surface area contributed by atoms with Crippen LogP contribution in [0.2, 0.25) is 0 Å². The number of aryl methyl sites for hydroxylation is 1. The second-order valence-electron chi connectivity index (χ2n) is 6.05. The topological polar surface area (TPSA) is 0 Å². The maximum absolute atomic E-state index is 2.25. The molecule has 0 aliphatic carbocycles. The fourth-order valence-electron chi connectivity index (χ4n) is 1.90. The predicted octanol–water partition coefficient (Wildman–Crippen LogP) is 5.58. The number of hydrogen-bond acceptors (Lipinski definition) is 1. The second kappa shape index (κ2) is 5.83. The van der Waals surface area contributed by atoms with Crippen LogP contribution >= 0.6 is 11.8 Å². The summed E-state index contributed by atoms with van der Waals surface area (Å²) in [4.78, 5) is 1.34. The molecule has 0 spiro atoms. The standard InChI is InChI=1S/C18H22S/c1-14-5-11-17(12-6-14)19-13-15-7-9-16(10-8-15)18(2,3)4/h5-12H,13H2,1-4H3. The van der Waals surface area contributed by atoms with Crippen molar-refractivity contribution in [1.82, 2.24) is 0 Å². The van der Waals surface area contributed by atoms with Crippen LogP contribution in [0.15, 0.2) is 53.4 Å². The molecule has 0 saturated heterocycles. The summed E-state index contributed by atoms with van der Waals surface area (Å²) in [6.07, 6.45) is 0. The first-order valence-electron chi connectivity index (χ1n) is 6.74. The third-order valence-electron chi connectivity index (χ3n) is 3.25. The second-order valence-corrected chi connectivity index (χ2v) is 7.10. The number of hydrogen-bond donors (Lipinski definition) is 0. The molecule has 0 bridgehead atoms. The van der Waals surface area contributed by atoms with Gasteiger partial charge in [-0.15, -0.1) is 11.8 Å². The van der Waals surface area contributed by atoms with Crippen molar-refractivity contribution in [3.05, 3.63) is 65.2 Å². The van der Waals surface area contributed by atoms with Crippen molar-refractivity contribution in [2.45, 2.75) is 43.8 Å². The highest BCUT2D eigenvalue weighted by Gasteiger charge is 2.12. The zero-order valence-corrected chi connectivity index (χ0v) is 13.1. The van der Waals surface area contributed by atoms with Crippen LogP contribution in [0.5, 0.6) is 0 Å². The quantitative estimate of drug-likeness (QED) is 0.656. The number of thioether (sulfide) groups is 1. The van der Waals surface area contributed by atoms with Gasteiger partial charge >= 0.3 is 0 Å². The molecule has 0 nitrogen and oxygen atoms in total. The van der Waals surface area contributed by atoms with Crippen molar-refractivity contribution < 1.29 is 0 Å². The lowest BCUT2D eigenvalue weighted by Crippen LogP contribution is -2.10. The predicted molar refractivity (Wildman–Crippen MR) is 85.9 cm³/mol. The van der Waals surface area contributed by atoms with Crippen molar-refractivity contribution >= 4 is 11.8 Å². The Labute approximate surface area is 121 Å². The summed E-state index contributed by atoms with van der Waals surface area (Å²) in [7, 11) is 0. The van der Waals surface area contributed by atoms with E-state index in [1.165, 1.54) is 21.6 Å². The lowest BCUT2D eigenvalue weighted by Gasteiger charge is -2.19. The van der Waals surface area contributed by atoms with Gasteiger partial charge in [-0.2, -0.15) is 0 Å². The van der Waals surface area contributed by atoms with Crippen LogP contribution < -0.4 is 0 Å². The first-order valence-corrected chi connectivity index (χ1v) is 7.72. The molecular formula is C18H22S. The van der Waals surface area contributed by atoms with Gasteiger partial charge in [0, 0.05) is 10.6 Å². The Balaban J connectivity index is 1.98. The first-order chi connectivity index (χ1) is 8.95. The van der Waals surface area contributed by atoms with Crippen LogP contribution in [0, 0.1) is 6.92 Å². The van der Waals surface area contributed by atoms with E-state index in [-0.39, 0.29) is 5.41 Å². The summed E-state index contributed by atoms with van der Waals surface area (Å²) >= 11 is 1.90. The first kappa shape index (κ1) is 14.2. The SMILES string of the molecule is Cc1ccc(SCc2ccc(C(C)(C)C)cc2)cc1. The molecule has 0 saturated carbocycles. The number of benzene rings is 2. The van der Waals surface area contributed by atoms with E-state index in [4.69, 9.17) is 0 Å². The van der Waals surface area contributed by atoms with Crippen molar-refractivity contribution in [3.63, 3.8) is 0 Å². The minimum absolute atomic E-state index is 0.239. The third-order valence-corrected chi connectivity index (χ3v) is 4.33. The summed E-state index contributed by atoms with van der Waals surface area (Å²) in [5.41, 5.74) is 4.34. The van der Waals surface area contributed by atoms with Gasteiger partial charge in [0.15, 0.2) is 0 Å².